The monoisotopic (exact) mass is 694 g/mol. The Bertz CT molecular complexity index is 1260. The zero-order chi connectivity index (χ0) is 29.4. The zero-order valence-corrected chi connectivity index (χ0v) is 22.5. The first-order chi connectivity index (χ1) is 17.8. The third kappa shape index (κ3) is 8.22. The number of carbonyl (C=O) groups excluding carboxylic acids is 2. The van der Waals surface area contributed by atoms with Gasteiger partial charge in [0.15, 0.2) is 0 Å². The molecule has 1 atom stereocenters. The van der Waals surface area contributed by atoms with Crippen LogP contribution in [0.2, 0.25) is 0 Å². The van der Waals surface area contributed by atoms with E-state index in [-0.39, 0.29) is 24.0 Å². The predicted molar refractivity (Wildman–Crippen MR) is 130 cm³/mol. The Morgan fingerprint density at radius 3 is 2.00 bits per heavy atom. The fourth-order valence-electron chi connectivity index (χ4n) is 3.64. The number of hydrogen-bond donors (Lipinski definition) is 2. The number of alkyl halides is 9. The third-order valence-corrected chi connectivity index (χ3v) is 6.57. The van der Waals surface area contributed by atoms with Crippen molar-refractivity contribution in [3.05, 3.63) is 73.7 Å². The van der Waals surface area contributed by atoms with Gasteiger partial charge >= 0.3 is 18.5 Å². The Morgan fingerprint density at radius 1 is 0.923 bits per heavy atom. The van der Waals surface area contributed by atoms with E-state index in [1.165, 1.54) is 18.2 Å². The van der Waals surface area contributed by atoms with E-state index in [4.69, 9.17) is 0 Å². The highest BCUT2D eigenvalue weighted by Gasteiger charge is 2.52. The van der Waals surface area contributed by atoms with Gasteiger partial charge in [-0.1, -0.05) is 50.1 Å². The van der Waals surface area contributed by atoms with Crippen molar-refractivity contribution < 1.29 is 49.1 Å². The highest BCUT2D eigenvalue weighted by atomic mass is 79.9. The highest BCUT2D eigenvalue weighted by molar-refractivity contribution is 9.11. The molecule has 1 fully saturated rings. The summed E-state index contributed by atoms with van der Waals surface area (Å²) in [6, 6.07) is 6.10. The van der Waals surface area contributed by atoms with Crippen LogP contribution in [-0.2, 0) is 11.0 Å². The van der Waals surface area contributed by atoms with Crippen molar-refractivity contribution in [1.29, 1.82) is 0 Å². The summed E-state index contributed by atoms with van der Waals surface area (Å²) in [6.45, 7) is -1.69. The van der Waals surface area contributed by atoms with E-state index in [1.807, 2.05) is 0 Å². The van der Waals surface area contributed by atoms with Gasteiger partial charge in [-0.2, -0.15) is 39.5 Å². The summed E-state index contributed by atoms with van der Waals surface area (Å²) in [5.41, 5.74) is -4.72. The minimum atomic E-state index is -5.12. The first-order valence-electron chi connectivity index (χ1n) is 10.9. The molecule has 2 aromatic rings. The van der Waals surface area contributed by atoms with Gasteiger partial charge in [-0.05, 0) is 54.3 Å². The SMILES string of the molecule is O=C(NC1(C(=O)NCC(F)(F)F)CC1)c1ccc(/C=C/C(c2cc(Br)cc(Br)c2)C(F)(F)F)cc1C(F)(F)F. The molecular weight excluding hydrogens is 679 g/mol. The fraction of sp³-hybridized carbons (Fsp3) is 0.333. The molecular formula is C24H17Br2F9N2O2. The standard InChI is InChI=1S/C24H17Br2F9N2O2/c25-14-8-13(9-15(26)10-14)17(23(30,31)32)4-2-12-1-3-16(18(7-12)24(33,34)35)19(38)37-21(5-6-21)20(39)36-11-22(27,28)29/h1-4,7-10,17H,5-6,11H2,(H,36,39)(H,37,38)/b4-2+. The molecule has 1 aliphatic rings. The second-order valence-electron chi connectivity index (χ2n) is 8.72. The average Bonchev–Trinajstić information content (AvgIpc) is 3.55. The van der Waals surface area contributed by atoms with Crippen LogP contribution in [0.5, 0.6) is 0 Å². The molecule has 0 spiro atoms. The lowest BCUT2D eigenvalue weighted by Crippen LogP contribution is -2.51. The van der Waals surface area contributed by atoms with E-state index in [0.29, 0.717) is 21.1 Å². The van der Waals surface area contributed by atoms with Gasteiger partial charge < -0.3 is 10.6 Å². The number of allylic oxidation sites excluding steroid dienone is 1. The van der Waals surface area contributed by atoms with Crippen LogP contribution in [0, 0.1) is 0 Å². The van der Waals surface area contributed by atoms with Gasteiger partial charge in [0.25, 0.3) is 5.91 Å². The molecule has 1 saturated carbocycles. The number of carbonyl (C=O) groups is 2. The smallest absolute Gasteiger partial charge is 0.345 e. The van der Waals surface area contributed by atoms with Gasteiger partial charge in [-0.15, -0.1) is 0 Å². The molecule has 2 amide bonds. The van der Waals surface area contributed by atoms with Crippen molar-refractivity contribution in [3.8, 4) is 0 Å². The molecule has 15 heteroatoms. The van der Waals surface area contributed by atoms with Gasteiger partial charge in [0.05, 0.1) is 17.0 Å². The molecule has 0 bridgehead atoms. The number of nitrogens with one attached hydrogen (secondary N) is 2. The molecule has 3 rings (SSSR count). The van der Waals surface area contributed by atoms with Crippen molar-refractivity contribution in [3.63, 3.8) is 0 Å². The van der Waals surface area contributed by atoms with Crippen molar-refractivity contribution in [2.24, 2.45) is 0 Å². The van der Waals surface area contributed by atoms with Crippen LogP contribution >= 0.6 is 31.9 Å². The first-order valence-corrected chi connectivity index (χ1v) is 12.5. The molecule has 0 aliphatic heterocycles. The molecule has 1 unspecified atom stereocenters. The van der Waals surface area contributed by atoms with Crippen molar-refractivity contribution >= 4 is 49.8 Å². The molecule has 212 valence electrons. The minimum Gasteiger partial charge on any atom is -0.345 e. The van der Waals surface area contributed by atoms with E-state index < -0.39 is 59.5 Å². The van der Waals surface area contributed by atoms with E-state index in [2.05, 4.69) is 37.2 Å². The predicted octanol–water partition coefficient (Wildman–Crippen LogP) is 7.53. The second-order valence-corrected chi connectivity index (χ2v) is 10.5. The Labute approximate surface area is 232 Å². The van der Waals surface area contributed by atoms with Crippen LogP contribution in [0.1, 0.15) is 45.8 Å². The second kappa shape index (κ2) is 11.1. The van der Waals surface area contributed by atoms with E-state index in [9.17, 15) is 49.1 Å². The maximum absolute atomic E-state index is 13.8. The molecule has 0 radical (unpaired) electrons. The molecule has 0 saturated heterocycles. The number of halogens is 11. The Kier molecular flexibility index (Phi) is 8.85. The van der Waals surface area contributed by atoms with Gasteiger partial charge in [0.2, 0.25) is 5.91 Å². The quantitative estimate of drug-likeness (QED) is 0.295. The Morgan fingerprint density at radius 2 is 1.51 bits per heavy atom. The molecule has 2 N–H and O–H groups in total. The maximum Gasteiger partial charge on any atom is 0.417 e. The average molecular weight is 696 g/mol. The summed E-state index contributed by atoms with van der Waals surface area (Å²) >= 11 is 6.18. The summed E-state index contributed by atoms with van der Waals surface area (Å²) in [5.74, 6) is -4.74. The lowest BCUT2D eigenvalue weighted by Gasteiger charge is -2.20. The number of amides is 2. The van der Waals surface area contributed by atoms with Crippen LogP contribution < -0.4 is 10.6 Å². The normalized spacial score (nSPS) is 16.2. The van der Waals surface area contributed by atoms with Crippen LogP contribution in [0.25, 0.3) is 6.08 Å². The number of benzene rings is 2. The summed E-state index contributed by atoms with van der Waals surface area (Å²) in [4.78, 5) is 24.8. The summed E-state index contributed by atoms with van der Waals surface area (Å²) < 4.78 is 120. The van der Waals surface area contributed by atoms with E-state index in [1.54, 1.807) is 5.32 Å². The molecule has 0 aromatic heterocycles. The van der Waals surface area contributed by atoms with Crippen molar-refractivity contribution in [2.45, 2.75) is 42.8 Å². The van der Waals surface area contributed by atoms with Crippen molar-refractivity contribution in [2.75, 3.05) is 6.54 Å². The lowest BCUT2D eigenvalue weighted by atomic mass is 9.96. The Hall–Kier alpha value is -2.55. The summed E-state index contributed by atoms with van der Waals surface area (Å²) in [5, 5.41) is 3.65. The molecule has 4 nitrogen and oxygen atoms in total. The zero-order valence-electron chi connectivity index (χ0n) is 19.3. The van der Waals surface area contributed by atoms with E-state index >= 15 is 0 Å². The summed E-state index contributed by atoms with van der Waals surface area (Å²) in [6.07, 6.45) is -13.3. The number of hydrogen-bond acceptors (Lipinski definition) is 2. The van der Waals surface area contributed by atoms with Gasteiger partial charge in [-0.3, -0.25) is 9.59 Å². The van der Waals surface area contributed by atoms with Gasteiger partial charge in [0, 0.05) is 8.95 Å². The molecule has 0 heterocycles. The maximum atomic E-state index is 13.8. The van der Waals surface area contributed by atoms with Gasteiger partial charge in [0.1, 0.15) is 12.1 Å². The minimum absolute atomic E-state index is 0.0881. The topological polar surface area (TPSA) is 58.2 Å². The molecule has 2 aromatic carbocycles. The van der Waals surface area contributed by atoms with Crippen molar-refractivity contribution in [1.82, 2.24) is 10.6 Å². The van der Waals surface area contributed by atoms with Crippen LogP contribution in [0.15, 0.2) is 51.4 Å². The molecule has 1 aliphatic carbocycles. The van der Waals surface area contributed by atoms with Crippen LogP contribution in [0.3, 0.4) is 0 Å². The first kappa shape index (κ1) is 31.0. The number of rotatable bonds is 7. The third-order valence-electron chi connectivity index (χ3n) is 5.66. The molecule has 39 heavy (non-hydrogen) atoms. The van der Waals surface area contributed by atoms with Gasteiger partial charge in [-0.25, -0.2) is 0 Å². The largest absolute Gasteiger partial charge is 0.417 e. The van der Waals surface area contributed by atoms with Crippen LogP contribution in [-0.4, -0.2) is 36.3 Å². The fourth-order valence-corrected chi connectivity index (χ4v) is 4.97. The highest BCUT2D eigenvalue weighted by Crippen LogP contribution is 2.40. The Balaban J connectivity index is 1.89. The summed E-state index contributed by atoms with van der Waals surface area (Å²) in [7, 11) is 0. The van der Waals surface area contributed by atoms with E-state index in [0.717, 1.165) is 18.2 Å². The van der Waals surface area contributed by atoms with Crippen LogP contribution in [0.4, 0.5) is 39.5 Å². The lowest BCUT2D eigenvalue weighted by molar-refractivity contribution is -0.140.